The average Bonchev–Trinajstić information content (AvgIpc) is 2.81. The monoisotopic (exact) mass is 325 g/mol. The van der Waals surface area contributed by atoms with E-state index in [1.165, 1.54) is 4.88 Å². The molecule has 1 aliphatic rings. The molecular weight excluding hydrogens is 307 g/mol. The Morgan fingerprint density at radius 1 is 1.30 bits per heavy atom. The van der Waals surface area contributed by atoms with Gasteiger partial charge in [0.25, 0.3) is 0 Å². The molecule has 0 saturated heterocycles. The Balaban J connectivity index is 1.90. The molecule has 0 spiro atoms. The van der Waals surface area contributed by atoms with Crippen LogP contribution in [0.2, 0.25) is 4.34 Å². The quantitative estimate of drug-likeness (QED) is 0.830. The van der Waals surface area contributed by atoms with Gasteiger partial charge in [-0.2, -0.15) is 13.2 Å². The summed E-state index contributed by atoms with van der Waals surface area (Å²) in [5.41, 5.74) is 0. The molecule has 0 bridgehead atoms. The zero-order chi connectivity index (χ0) is 14.8. The van der Waals surface area contributed by atoms with Gasteiger partial charge >= 0.3 is 6.18 Å². The fourth-order valence-corrected chi connectivity index (χ4v) is 4.18. The van der Waals surface area contributed by atoms with Crippen LogP contribution in [0.5, 0.6) is 0 Å². The first-order valence-electron chi connectivity index (χ1n) is 6.88. The molecule has 1 nitrogen and oxygen atoms in total. The van der Waals surface area contributed by atoms with Gasteiger partial charge in [0.15, 0.2) is 0 Å². The molecule has 0 radical (unpaired) electrons. The van der Waals surface area contributed by atoms with E-state index >= 15 is 0 Å². The topological polar surface area (TPSA) is 12.0 Å². The van der Waals surface area contributed by atoms with Gasteiger partial charge in [-0.05, 0) is 57.2 Å². The summed E-state index contributed by atoms with van der Waals surface area (Å²) < 4.78 is 38.8. The summed E-state index contributed by atoms with van der Waals surface area (Å²) >= 11 is 7.46. The predicted molar refractivity (Wildman–Crippen MR) is 77.4 cm³/mol. The molecule has 6 heteroatoms. The highest BCUT2D eigenvalue weighted by Crippen LogP contribution is 2.41. The lowest BCUT2D eigenvalue weighted by Gasteiger charge is -2.34. The summed E-state index contributed by atoms with van der Waals surface area (Å²) in [6.45, 7) is 0. The van der Waals surface area contributed by atoms with E-state index in [-0.39, 0.29) is 18.9 Å². The van der Waals surface area contributed by atoms with E-state index in [1.54, 1.807) is 11.3 Å². The van der Waals surface area contributed by atoms with Gasteiger partial charge in [0.05, 0.1) is 10.3 Å². The number of likely N-dealkylation sites (N-methyl/N-ethyl adjacent to an activating group) is 1. The van der Waals surface area contributed by atoms with Crippen molar-refractivity contribution in [1.82, 2.24) is 5.32 Å². The molecule has 1 heterocycles. The van der Waals surface area contributed by atoms with Crippen LogP contribution in [0.4, 0.5) is 13.2 Å². The summed E-state index contributed by atoms with van der Waals surface area (Å²) in [5.74, 6) is -0.785. The molecule has 1 saturated carbocycles. The smallest absolute Gasteiger partial charge is 0.316 e. The second-order valence-corrected chi connectivity index (χ2v) is 7.26. The number of nitrogens with one attached hydrogen (secondary N) is 1. The number of thiophene rings is 1. The Morgan fingerprint density at radius 2 is 1.95 bits per heavy atom. The molecular formula is C14H19ClF3NS. The number of alkyl halides is 3. The maximum Gasteiger partial charge on any atom is 0.391 e. The van der Waals surface area contributed by atoms with Gasteiger partial charge < -0.3 is 5.32 Å². The van der Waals surface area contributed by atoms with Crippen molar-refractivity contribution in [3.05, 3.63) is 21.3 Å². The maximum absolute atomic E-state index is 12.7. The van der Waals surface area contributed by atoms with Gasteiger partial charge in [-0.15, -0.1) is 11.3 Å². The van der Waals surface area contributed by atoms with Crippen LogP contribution in [0.3, 0.4) is 0 Å². The van der Waals surface area contributed by atoms with Crippen molar-refractivity contribution in [2.24, 2.45) is 11.8 Å². The summed E-state index contributed by atoms with van der Waals surface area (Å²) in [6, 6.07) is 4.10. The van der Waals surface area contributed by atoms with Crippen molar-refractivity contribution < 1.29 is 13.2 Å². The standard InChI is InChI=1S/C14H19ClF3NS/c1-19-12(8-11-6-7-13(15)20-11)9-2-4-10(5-3-9)14(16,17)18/h6-7,9-10,12,19H,2-5,8H2,1H3. The molecule has 20 heavy (non-hydrogen) atoms. The van der Waals surface area contributed by atoms with Crippen molar-refractivity contribution in [2.75, 3.05) is 7.05 Å². The molecule has 2 rings (SSSR count). The lowest BCUT2D eigenvalue weighted by molar-refractivity contribution is -0.184. The van der Waals surface area contributed by atoms with E-state index in [0.717, 1.165) is 10.8 Å². The Hall–Kier alpha value is -0.260. The fraction of sp³-hybridized carbons (Fsp3) is 0.714. The largest absolute Gasteiger partial charge is 0.391 e. The molecule has 1 atom stereocenters. The van der Waals surface area contributed by atoms with Crippen molar-refractivity contribution in [3.8, 4) is 0 Å². The zero-order valence-electron chi connectivity index (χ0n) is 11.3. The van der Waals surface area contributed by atoms with Crippen LogP contribution in [0.25, 0.3) is 0 Å². The van der Waals surface area contributed by atoms with Crippen LogP contribution in [0, 0.1) is 11.8 Å². The number of hydrogen-bond acceptors (Lipinski definition) is 2. The molecule has 0 aliphatic heterocycles. The van der Waals surface area contributed by atoms with E-state index in [9.17, 15) is 13.2 Å². The van der Waals surface area contributed by atoms with E-state index in [1.807, 2.05) is 19.2 Å². The van der Waals surface area contributed by atoms with Crippen molar-refractivity contribution in [1.29, 1.82) is 0 Å². The lowest BCUT2D eigenvalue weighted by Crippen LogP contribution is -2.39. The number of halogens is 4. The molecule has 0 amide bonds. The third kappa shape index (κ3) is 4.12. The predicted octanol–water partition coefficient (Wildman–Crippen LogP) is 4.90. The molecule has 1 N–H and O–H groups in total. The average molecular weight is 326 g/mol. The van der Waals surface area contributed by atoms with Gasteiger partial charge in [0, 0.05) is 10.9 Å². The van der Waals surface area contributed by atoms with Gasteiger partial charge in [-0.25, -0.2) is 0 Å². The van der Waals surface area contributed by atoms with Gasteiger partial charge in [0.1, 0.15) is 0 Å². The van der Waals surface area contributed by atoms with Gasteiger partial charge in [0.2, 0.25) is 0 Å². The summed E-state index contributed by atoms with van der Waals surface area (Å²) in [4.78, 5) is 1.19. The van der Waals surface area contributed by atoms with E-state index in [2.05, 4.69) is 5.32 Å². The summed E-state index contributed by atoms with van der Waals surface area (Å²) in [6.07, 6.45) is -1.37. The van der Waals surface area contributed by atoms with Gasteiger partial charge in [-0.1, -0.05) is 11.6 Å². The molecule has 1 aliphatic carbocycles. The highest BCUT2D eigenvalue weighted by atomic mass is 35.5. The number of rotatable bonds is 4. The van der Waals surface area contributed by atoms with Crippen LogP contribution >= 0.6 is 22.9 Å². The molecule has 114 valence electrons. The van der Waals surface area contributed by atoms with E-state index in [4.69, 9.17) is 11.6 Å². The van der Waals surface area contributed by atoms with Crippen molar-refractivity contribution in [2.45, 2.75) is 44.3 Å². The van der Waals surface area contributed by atoms with Crippen molar-refractivity contribution in [3.63, 3.8) is 0 Å². The molecule has 0 aromatic carbocycles. The van der Waals surface area contributed by atoms with Crippen LogP contribution in [0.1, 0.15) is 30.6 Å². The molecule has 1 unspecified atom stereocenters. The van der Waals surface area contributed by atoms with Crippen LogP contribution in [-0.4, -0.2) is 19.3 Å². The summed E-state index contributed by atoms with van der Waals surface area (Å²) in [5, 5.41) is 3.27. The number of hydrogen-bond donors (Lipinski definition) is 1. The second-order valence-electron chi connectivity index (χ2n) is 5.46. The minimum Gasteiger partial charge on any atom is -0.316 e. The lowest BCUT2D eigenvalue weighted by atomic mass is 9.77. The summed E-state index contributed by atoms with van der Waals surface area (Å²) in [7, 11) is 1.88. The Labute approximate surface area is 126 Å². The maximum atomic E-state index is 12.7. The van der Waals surface area contributed by atoms with Crippen LogP contribution in [0.15, 0.2) is 12.1 Å². The SMILES string of the molecule is CNC(Cc1ccc(Cl)s1)C1CCC(C(F)(F)F)CC1. The third-order valence-corrected chi connectivity index (χ3v) is 5.48. The fourth-order valence-electron chi connectivity index (χ4n) is 3.03. The first-order chi connectivity index (χ1) is 9.40. The third-order valence-electron chi connectivity index (χ3n) is 4.22. The molecule has 1 fully saturated rings. The van der Waals surface area contributed by atoms with E-state index < -0.39 is 12.1 Å². The zero-order valence-corrected chi connectivity index (χ0v) is 12.9. The van der Waals surface area contributed by atoms with E-state index in [0.29, 0.717) is 18.8 Å². The molecule has 1 aromatic heterocycles. The van der Waals surface area contributed by atoms with Crippen LogP contribution < -0.4 is 5.32 Å². The minimum absolute atomic E-state index is 0.235. The normalized spacial score (nSPS) is 25.6. The highest BCUT2D eigenvalue weighted by Gasteiger charge is 2.42. The Morgan fingerprint density at radius 3 is 2.40 bits per heavy atom. The van der Waals surface area contributed by atoms with Crippen molar-refractivity contribution >= 4 is 22.9 Å². The molecule has 1 aromatic rings. The Kier molecular flexibility index (Phi) is 5.37. The Bertz CT molecular complexity index is 424. The first kappa shape index (κ1) is 16.1. The highest BCUT2D eigenvalue weighted by molar-refractivity contribution is 7.16. The first-order valence-corrected chi connectivity index (χ1v) is 8.07. The van der Waals surface area contributed by atoms with Gasteiger partial charge in [-0.3, -0.25) is 0 Å². The second kappa shape index (κ2) is 6.67. The van der Waals surface area contributed by atoms with Crippen LogP contribution in [-0.2, 0) is 6.42 Å². The minimum atomic E-state index is -4.03.